The SMILES string of the molecule is OC(Cc1cccc(Cl)c1)C(O)c1ccccc1. The third-order valence-electron chi connectivity index (χ3n) is 2.84. The van der Waals surface area contributed by atoms with Gasteiger partial charge >= 0.3 is 0 Å². The molecule has 94 valence electrons. The van der Waals surface area contributed by atoms with E-state index in [9.17, 15) is 10.2 Å². The molecular weight excluding hydrogens is 248 g/mol. The smallest absolute Gasteiger partial charge is 0.105 e. The molecule has 0 saturated heterocycles. The second-order valence-corrected chi connectivity index (χ2v) is 4.69. The topological polar surface area (TPSA) is 40.5 Å². The molecule has 0 spiro atoms. The molecule has 0 heterocycles. The van der Waals surface area contributed by atoms with E-state index in [4.69, 9.17) is 11.6 Å². The van der Waals surface area contributed by atoms with Crippen molar-refractivity contribution in [3.63, 3.8) is 0 Å². The lowest BCUT2D eigenvalue weighted by molar-refractivity contribution is 0.0190. The van der Waals surface area contributed by atoms with E-state index in [1.807, 2.05) is 30.3 Å². The molecule has 2 aromatic rings. The summed E-state index contributed by atoms with van der Waals surface area (Å²) in [7, 11) is 0. The first-order valence-electron chi connectivity index (χ1n) is 5.82. The highest BCUT2D eigenvalue weighted by Gasteiger charge is 2.18. The van der Waals surface area contributed by atoms with Crippen LogP contribution in [0.2, 0.25) is 5.02 Å². The summed E-state index contributed by atoms with van der Waals surface area (Å²) < 4.78 is 0. The zero-order valence-corrected chi connectivity index (χ0v) is 10.6. The molecule has 0 bridgehead atoms. The van der Waals surface area contributed by atoms with E-state index in [2.05, 4.69) is 0 Å². The molecule has 18 heavy (non-hydrogen) atoms. The van der Waals surface area contributed by atoms with Crippen LogP contribution in [0.15, 0.2) is 54.6 Å². The molecule has 0 radical (unpaired) electrons. The standard InChI is InChI=1S/C15H15ClO2/c16-13-8-4-5-11(9-13)10-14(17)15(18)12-6-2-1-3-7-12/h1-9,14-15,17-18H,10H2. The van der Waals surface area contributed by atoms with Crippen LogP contribution in [-0.4, -0.2) is 16.3 Å². The van der Waals surface area contributed by atoms with Gasteiger partial charge in [-0.25, -0.2) is 0 Å². The molecule has 2 atom stereocenters. The first-order valence-corrected chi connectivity index (χ1v) is 6.20. The third kappa shape index (κ3) is 3.33. The van der Waals surface area contributed by atoms with Gasteiger partial charge in [0.2, 0.25) is 0 Å². The van der Waals surface area contributed by atoms with Crippen molar-refractivity contribution in [2.24, 2.45) is 0 Å². The van der Waals surface area contributed by atoms with Crippen LogP contribution >= 0.6 is 11.6 Å². The average Bonchev–Trinajstić information content (AvgIpc) is 2.39. The van der Waals surface area contributed by atoms with Crippen molar-refractivity contribution in [2.75, 3.05) is 0 Å². The zero-order valence-electron chi connectivity index (χ0n) is 9.83. The Hall–Kier alpha value is -1.35. The molecule has 0 amide bonds. The van der Waals surface area contributed by atoms with Crippen molar-refractivity contribution >= 4 is 11.6 Å². The van der Waals surface area contributed by atoms with E-state index in [0.717, 1.165) is 5.56 Å². The van der Waals surface area contributed by atoms with Gasteiger partial charge in [-0.15, -0.1) is 0 Å². The van der Waals surface area contributed by atoms with Crippen molar-refractivity contribution in [1.29, 1.82) is 0 Å². The fourth-order valence-corrected chi connectivity index (χ4v) is 2.10. The first kappa shape index (κ1) is 13.1. The summed E-state index contributed by atoms with van der Waals surface area (Å²) in [6.07, 6.45) is -1.35. The molecule has 3 heteroatoms. The minimum atomic E-state index is -0.884. The quantitative estimate of drug-likeness (QED) is 0.889. The lowest BCUT2D eigenvalue weighted by Crippen LogP contribution is -2.20. The molecule has 0 saturated carbocycles. The maximum atomic E-state index is 10.0. The Morgan fingerprint density at radius 2 is 1.67 bits per heavy atom. The van der Waals surface area contributed by atoms with Gasteiger partial charge in [0.1, 0.15) is 6.10 Å². The van der Waals surface area contributed by atoms with Gasteiger partial charge in [0.15, 0.2) is 0 Å². The fourth-order valence-electron chi connectivity index (χ4n) is 1.89. The first-order chi connectivity index (χ1) is 8.66. The number of aliphatic hydroxyl groups is 2. The molecule has 2 rings (SSSR count). The molecule has 0 aromatic heterocycles. The van der Waals surface area contributed by atoms with Crippen LogP contribution in [-0.2, 0) is 6.42 Å². The van der Waals surface area contributed by atoms with E-state index < -0.39 is 12.2 Å². The van der Waals surface area contributed by atoms with Crippen LogP contribution < -0.4 is 0 Å². The van der Waals surface area contributed by atoms with Crippen molar-refractivity contribution in [3.05, 3.63) is 70.7 Å². The van der Waals surface area contributed by atoms with Gasteiger partial charge in [-0.1, -0.05) is 54.1 Å². The molecule has 0 aliphatic carbocycles. The highest BCUT2D eigenvalue weighted by atomic mass is 35.5. The molecule has 2 aromatic carbocycles. The minimum Gasteiger partial charge on any atom is -0.390 e. The number of aliphatic hydroxyl groups excluding tert-OH is 2. The van der Waals surface area contributed by atoms with Crippen molar-refractivity contribution in [1.82, 2.24) is 0 Å². The Morgan fingerprint density at radius 3 is 2.33 bits per heavy atom. The molecule has 0 fully saturated rings. The van der Waals surface area contributed by atoms with Gasteiger partial charge in [-0.05, 0) is 23.3 Å². The van der Waals surface area contributed by atoms with Gasteiger partial charge in [0.05, 0.1) is 6.10 Å². The Bertz CT molecular complexity index is 499. The number of benzene rings is 2. The molecule has 0 aliphatic heterocycles. The second-order valence-electron chi connectivity index (χ2n) is 4.26. The van der Waals surface area contributed by atoms with Crippen LogP contribution in [0.25, 0.3) is 0 Å². The van der Waals surface area contributed by atoms with Crippen molar-refractivity contribution in [3.8, 4) is 0 Å². The molecule has 2 N–H and O–H groups in total. The third-order valence-corrected chi connectivity index (χ3v) is 3.07. The van der Waals surface area contributed by atoms with Crippen LogP contribution in [0, 0.1) is 0 Å². The van der Waals surface area contributed by atoms with E-state index in [-0.39, 0.29) is 0 Å². The molecule has 0 aliphatic rings. The van der Waals surface area contributed by atoms with E-state index in [1.54, 1.807) is 24.3 Å². The highest BCUT2D eigenvalue weighted by Crippen LogP contribution is 2.20. The van der Waals surface area contributed by atoms with Gasteiger partial charge in [-0.2, -0.15) is 0 Å². The number of hydrogen-bond acceptors (Lipinski definition) is 2. The van der Waals surface area contributed by atoms with Gasteiger partial charge in [-0.3, -0.25) is 0 Å². The summed E-state index contributed by atoms with van der Waals surface area (Å²) in [5, 5.41) is 20.7. The normalized spacial score (nSPS) is 14.2. The van der Waals surface area contributed by atoms with E-state index in [0.29, 0.717) is 17.0 Å². The predicted octanol–water partition coefficient (Wildman–Crippen LogP) is 2.98. The number of hydrogen-bond donors (Lipinski definition) is 2. The lowest BCUT2D eigenvalue weighted by Gasteiger charge is -2.18. The van der Waals surface area contributed by atoms with Crippen LogP contribution in [0.3, 0.4) is 0 Å². The Balaban J connectivity index is 2.06. The van der Waals surface area contributed by atoms with Crippen LogP contribution in [0.1, 0.15) is 17.2 Å². The maximum Gasteiger partial charge on any atom is 0.105 e. The number of rotatable bonds is 4. The van der Waals surface area contributed by atoms with Gasteiger partial charge in [0, 0.05) is 11.4 Å². The zero-order chi connectivity index (χ0) is 13.0. The summed E-state index contributed by atoms with van der Waals surface area (Å²) >= 11 is 5.88. The highest BCUT2D eigenvalue weighted by molar-refractivity contribution is 6.30. The van der Waals surface area contributed by atoms with E-state index >= 15 is 0 Å². The summed E-state index contributed by atoms with van der Waals surface area (Å²) in [6.45, 7) is 0. The lowest BCUT2D eigenvalue weighted by atomic mass is 9.99. The van der Waals surface area contributed by atoms with Crippen LogP contribution in [0.5, 0.6) is 0 Å². The summed E-state index contributed by atoms with van der Waals surface area (Å²) in [6, 6.07) is 16.4. The molecular formula is C15H15ClO2. The Morgan fingerprint density at radius 1 is 0.944 bits per heavy atom. The molecule has 2 unspecified atom stereocenters. The maximum absolute atomic E-state index is 10.0. The summed E-state index contributed by atoms with van der Waals surface area (Å²) in [4.78, 5) is 0. The molecule has 2 nitrogen and oxygen atoms in total. The number of halogens is 1. The van der Waals surface area contributed by atoms with Gasteiger partial charge < -0.3 is 10.2 Å². The predicted molar refractivity (Wildman–Crippen MR) is 72.6 cm³/mol. The second kappa shape index (κ2) is 6.01. The fraction of sp³-hybridized carbons (Fsp3) is 0.200. The van der Waals surface area contributed by atoms with Crippen LogP contribution in [0.4, 0.5) is 0 Å². The summed E-state index contributed by atoms with van der Waals surface area (Å²) in [5.74, 6) is 0. The largest absolute Gasteiger partial charge is 0.390 e. The summed E-state index contributed by atoms with van der Waals surface area (Å²) in [5.41, 5.74) is 1.62. The van der Waals surface area contributed by atoms with Crippen molar-refractivity contribution in [2.45, 2.75) is 18.6 Å². The Labute approximate surface area is 111 Å². The van der Waals surface area contributed by atoms with E-state index in [1.165, 1.54) is 0 Å². The monoisotopic (exact) mass is 262 g/mol. The van der Waals surface area contributed by atoms with Gasteiger partial charge in [0.25, 0.3) is 0 Å². The Kier molecular flexibility index (Phi) is 4.37. The minimum absolute atomic E-state index is 0.372. The average molecular weight is 263 g/mol. The van der Waals surface area contributed by atoms with Crippen molar-refractivity contribution < 1.29 is 10.2 Å².